The first-order valence-electron chi connectivity index (χ1n) is 2.07. The minimum atomic E-state index is -2.06. The Balaban J connectivity index is -0.0000000287. The molecule has 14 heavy (non-hydrogen) atoms. The van der Waals surface area contributed by atoms with E-state index in [1.165, 1.54) is 0 Å². The van der Waals surface area contributed by atoms with Crippen LogP contribution in [0.2, 0.25) is 0 Å². The molecule has 0 bridgehead atoms. The van der Waals surface area contributed by atoms with Gasteiger partial charge in [-0.3, -0.25) is 0 Å². The third-order valence-corrected chi connectivity index (χ3v) is 4.54. The first-order valence-corrected chi connectivity index (χ1v) is 10.6. The summed E-state index contributed by atoms with van der Waals surface area (Å²) in [5.74, 6) is 0. The van der Waals surface area contributed by atoms with Crippen molar-refractivity contribution >= 4 is 25.6 Å². The Labute approximate surface area is 132 Å². The molecular formula is H2O7Si3Ti4. The number of hydrogen-bond donors (Lipinski definition) is 0. The Morgan fingerprint density at radius 3 is 0.786 bits per heavy atom. The van der Waals surface area contributed by atoms with Gasteiger partial charge in [-0.2, -0.15) is 0 Å². The van der Waals surface area contributed by atoms with Gasteiger partial charge in [0.25, 0.3) is 0 Å². The predicted molar refractivity (Wildman–Crippen MR) is 24.9 cm³/mol. The molecule has 72 valence electrons. The maximum atomic E-state index is 9.81. The van der Waals surface area contributed by atoms with E-state index in [9.17, 15) is 13.4 Å². The molecule has 0 rings (SSSR count). The summed E-state index contributed by atoms with van der Waals surface area (Å²) in [6.07, 6.45) is 0. The molecule has 0 amide bonds. The molecule has 0 atom stereocenters. The van der Waals surface area contributed by atoms with Crippen molar-refractivity contribution in [2.75, 3.05) is 0 Å². The molecule has 0 aromatic carbocycles. The Kier molecular flexibility index (Phi) is 127. The molecule has 14 heteroatoms. The van der Waals surface area contributed by atoms with Crippen LogP contribution in [-0.2, 0) is 108 Å². The van der Waals surface area contributed by atoms with E-state index in [2.05, 4.69) is 0 Å². The Hall–Kier alpha value is 2.11. The van der Waals surface area contributed by atoms with E-state index in [0.29, 0.717) is 0 Å². The summed E-state index contributed by atoms with van der Waals surface area (Å²) in [6, 6.07) is 0. The average molecular weight is 390 g/mol. The van der Waals surface area contributed by atoms with Gasteiger partial charge in [0.2, 0.25) is 0 Å². The average Bonchev–Trinajstić information content (AvgIpc) is 2.38. The third-order valence-electron chi connectivity index (χ3n) is 0.232. The van der Waals surface area contributed by atoms with Crippen LogP contribution in [0.4, 0.5) is 0 Å². The molecule has 0 fully saturated rings. The van der Waals surface area contributed by atoms with Gasteiger partial charge in [-0.15, -0.1) is 0 Å². The van der Waals surface area contributed by atoms with Crippen molar-refractivity contribution < 1.29 is 108 Å². The first-order chi connectivity index (χ1) is 6.81. The third kappa shape index (κ3) is 65.0. The SMILES string of the molecule is O=[SiH][Si](=O)[SiH]=O.[O]=[Ti].[O]=[Ti].[O]=[Ti].[O]=[Ti]. The van der Waals surface area contributed by atoms with Crippen molar-refractivity contribution in [2.45, 2.75) is 0 Å². The van der Waals surface area contributed by atoms with Gasteiger partial charge in [-0.05, 0) is 0 Å². The molecule has 0 N–H and O–H groups in total. The van der Waals surface area contributed by atoms with Crippen molar-refractivity contribution in [3.05, 3.63) is 0 Å². The summed E-state index contributed by atoms with van der Waals surface area (Å²) in [5, 5.41) is 0. The van der Waals surface area contributed by atoms with Crippen molar-refractivity contribution in [3.8, 4) is 0 Å². The summed E-state index contributed by atoms with van der Waals surface area (Å²) in [4.78, 5) is 0. The van der Waals surface area contributed by atoms with Crippen LogP contribution in [0.3, 0.4) is 0 Å². The van der Waals surface area contributed by atoms with Gasteiger partial charge in [0.05, 0.1) is 0 Å². The van der Waals surface area contributed by atoms with Crippen molar-refractivity contribution in [1.29, 1.82) is 0 Å². The molecule has 7 nitrogen and oxygen atoms in total. The second-order valence-corrected chi connectivity index (χ2v) is 8.74. The van der Waals surface area contributed by atoms with E-state index in [-0.39, 0.29) is 0 Å². The number of hydrogen-bond acceptors (Lipinski definition) is 7. The Morgan fingerprint density at radius 1 is 0.643 bits per heavy atom. The molecular weight excluding hydrogens is 388 g/mol. The van der Waals surface area contributed by atoms with Gasteiger partial charge >= 0.3 is 120 Å². The standard InChI is InChI=1S/H2O3Si3.4O.4Ti/c1-4-6(3)5-2;;;;;;;;/h4-5H;;;;;;;;. The topological polar surface area (TPSA) is 119 Å². The molecule has 0 aliphatic heterocycles. The van der Waals surface area contributed by atoms with Gasteiger partial charge in [-0.25, -0.2) is 0 Å². The zero-order chi connectivity index (χ0) is 13.0. The van der Waals surface area contributed by atoms with Gasteiger partial charge in [0, 0.05) is 0 Å². The van der Waals surface area contributed by atoms with Crippen LogP contribution in [-0.4, -0.2) is 25.6 Å². The first kappa shape index (κ1) is 29.8. The monoisotopic (exact) mass is 390 g/mol. The van der Waals surface area contributed by atoms with Crippen LogP contribution in [0.25, 0.3) is 0 Å². The van der Waals surface area contributed by atoms with E-state index in [1.54, 1.807) is 0 Å². The van der Waals surface area contributed by atoms with E-state index in [4.69, 9.17) is 13.3 Å². The summed E-state index contributed by atoms with van der Waals surface area (Å²) in [7, 11) is -4.55. The van der Waals surface area contributed by atoms with Crippen LogP contribution in [0.5, 0.6) is 0 Å². The summed E-state index contributed by atoms with van der Waals surface area (Å²) >= 11 is 3.00. The summed E-state index contributed by atoms with van der Waals surface area (Å²) in [5.41, 5.74) is 0. The van der Waals surface area contributed by atoms with E-state index in [0.717, 1.165) is 81.6 Å². The van der Waals surface area contributed by atoms with E-state index < -0.39 is 25.6 Å². The predicted octanol–water partition coefficient (Wildman–Crippen LogP) is -2.52. The molecule has 0 aromatic rings. The molecule has 0 aromatic heterocycles. The second kappa shape index (κ2) is 59.5. The molecule has 0 saturated carbocycles. The molecule has 0 unspecified atom stereocenters. The van der Waals surface area contributed by atoms with Crippen LogP contribution < -0.4 is 0 Å². The zero-order valence-electron chi connectivity index (χ0n) is 6.51. The Morgan fingerprint density at radius 2 is 0.786 bits per heavy atom. The van der Waals surface area contributed by atoms with E-state index >= 15 is 0 Å². The quantitative estimate of drug-likeness (QED) is 0.478. The van der Waals surface area contributed by atoms with Gasteiger partial charge < -0.3 is 13.4 Å². The fourth-order valence-electron chi connectivity index (χ4n) is 0.0278. The normalized spacial score (nSPS) is 3.71. The van der Waals surface area contributed by atoms with Crippen LogP contribution in [0.15, 0.2) is 0 Å². The molecule has 0 spiro atoms. The van der Waals surface area contributed by atoms with Gasteiger partial charge in [-0.1, -0.05) is 0 Å². The van der Waals surface area contributed by atoms with Crippen molar-refractivity contribution in [3.63, 3.8) is 0 Å². The van der Waals surface area contributed by atoms with Crippen LogP contribution >= 0.6 is 0 Å². The van der Waals surface area contributed by atoms with Crippen LogP contribution in [0, 0.1) is 0 Å². The Bertz CT molecular complexity index is 123. The fourth-order valence-corrected chi connectivity index (χ4v) is 0.750. The maximum absolute atomic E-state index is 9.81. The zero-order valence-corrected chi connectivity index (χ0v) is 16.1. The van der Waals surface area contributed by atoms with Gasteiger partial charge in [0.1, 0.15) is 0 Å². The molecule has 0 heterocycles. The van der Waals surface area contributed by atoms with Gasteiger partial charge in [0.15, 0.2) is 0 Å². The number of rotatable bonds is 2. The molecule has 0 saturated heterocycles. The molecule has 0 radical (unpaired) electrons. The minimum absolute atomic E-state index is 0.750. The summed E-state index contributed by atoms with van der Waals surface area (Å²) in [6.45, 7) is 0. The second-order valence-electron chi connectivity index (χ2n) is 0.638. The fraction of sp³-hybridized carbons (Fsp3) is 0. The summed E-state index contributed by atoms with van der Waals surface area (Å²) < 4.78 is 61.8. The van der Waals surface area contributed by atoms with Crippen molar-refractivity contribution in [1.82, 2.24) is 0 Å². The van der Waals surface area contributed by atoms with Crippen LogP contribution in [0.1, 0.15) is 0 Å². The van der Waals surface area contributed by atoms with Crippen molar-refractivity contribution in [2.24, 2.45) is 0 Å². The molecule has 0 aliphatic carbocycles. The van der Waals surface area contributed by atoms with E-state index in [1.807, 2.05) is 0 Å². The molecule has 0 aliphatic rings.